The van der Waals surface area contributed by atoms with E-state index in [0.29, 0.717) is 0 Å². The van der Waals surface area contributed by atoms with E-state index in [4.69, 9.17) is 9.40 Å². The second kappa shape index (κ2) is 10.00. The lowest BCUT2D eigenvalue weighted by atomic mass is 9.92. The van der Waals surface area contributed by atoms with Crippen molar-refractivity contribution in [2.45, 2.75) is 0 Å². The fourth-order valence-corrected chi connectivity index (χ4v) is 8.24. The predicted molar refractivity (Wildman–Crippen MR) is 205 cm³/mol. The highest BCUT2D eigenvalue weighted by atomic mass is 16.3. The monoisotopic (exact) mass is 621 g/mol. The number of pyridine rings is 1. The second-order valence-electron chi connectivity index (χ2n) is 13.0. The largest absolute Gasteiger partial charge is 0.455 e. The molecule has 1 aliphatic carbocycles. The number of hydrogen-bond donors (Lipinski definition) is 0. The van der Waals surface area contributed by atoms with E-state index < -0.39 is 0 Å². The molecule has 0 atom stereocenters. The van der Waals surface area contributed by atoms with Crippen LogP contribution in [-0.2, 0) is 0 Å². The summed E-state index contributed by atoms with van der Waals surface area (Å²) in [7, 11) is 0. The van der Waals surface area contributed by atoms with Crippen LogP contribution in [0.4, 0.5) is 0 Å². The Morgan fingerprint density at radius 3 is 1.88 bits per heavy atom. The van der Waals surface area contributed by atoms with Crippen LogP contribution in [0, 0.1) is 0 Å². The van der Waals surface area contributed by atoms with Gasteiger partial charge >= 0.3 is 0 Å². The molecule has 8 aromatic carbocycles. The van der Waals surface area contributed by atoms with Gasteiger partial charge in [0.05, 0.1) is 11.4 Å². The topological polar surface area (TPSA) is 26.0 Å². The first-order valence-corrected chi connectivity index (χ1v) is 16.8. The van der Waals surface area contributed by atoms with Crippen LogP contribution in [-0.4, -0.2) is 4.98 Å². The smallest absolute Gasteiger partial charge is 0.143 e. The van der Waals surface area contributed by atoms with E-state index in [9.17, 15) is 0 Å². The molecule has 2 heterocycles. The van der Waals surface area contributed by atoms with Gasteiger partial charge in [-0.2, -0.15) is 0 Å². The molecule has 1 aliphatic rings. The summed E-state index contributed by atoms with van der Waals surface area (Å²) < 4.78 is 6.78. The lowest BCUT2D eigenvalue weighted by molar-refractivity contribution is 0.673. The van der Waals surface area contributed by atoms with Gasteiger partial charge in [-0.25, -0.2) is 4.98 Å². The summed E-state index contributed by atoms with van der Waals surface area (Å²) >= 11 is 0. The lowest BCUT2D eigenvalue weighted by Gasteiger charge is -2.14. The summed E-state index contributed by atoms with van der Waals surface area (Å²) in [5, 5.41) is 9.59. The summed E-state index contributed by atoms with van der Waals surface area (Å²) in [4.78, 5) is 5.36. The van der Waals surface area contributed by atoms with Gasteiger partial charge in [0.1, 0.15) is 11.2 Å². The summed E-state index contributed by atoms with van der Waals surface area (Å²) in [6.45, 7) is 0. The third-order valence-electron chi connectivity index (χ3n) is 10.4. The number of aromatic nitrogens is 1. The van der Waals surface area contributed by atoms with Gasteiger partial charge in [0, 0.05) is 32.7 Å². The number of nitrogens with zero attached hydrogens (tertiary/aromatic N) is 1. The van der Waals surface area contributed by atoms with E-state index in [-0.39, 0.29) is 0 Å². The standard InChI is InChI=1S/C47H27NO/c1-2-12-28(13-3-1)42-25-30(26-43(48-42)39-24-29-14-4-5-15-31(29)33-16-6-8-18-35(33)39)32-20-11-23-44-46(32)41-27-40-36-19-9-7-17-34(36)37-21-10-22-38(45(37)40)47(41)49-44/h1-27H. The molecule has 0 radical (unpaired) electrons. The average Bonchev–Trinajstić information content (AvgIpc) is 3.72. The van der Waals surface area contributed by atoms with Gasteiger partial charge in [0.25, 0.3) is 0 Å². The highest BCUT2D eigenvalue weighted by molar-refractivity contribution is 6.27. The first-order valence-electron chi connectivity index (χ1n) is 16.8. The Bertz CT molecular complexity index is 2990. The van der Waals surface area contributed by atoms with Gasteiger partial charge in [-0.3, -0.25) is 0 Å². The molecule has 11 rings (SSSR count). The Balaban J connectivity index is 1.23. The molecule has 10 aromatic rings. The van der Waals surface area contributed by atoms with Crippen LogP contribution < -0.4 is 0 Å². The number of furan rings is 1. The van der Waals surface area contributed by atoms with E-state index in [0.717, 1.165) is 61.0 Å². The predicted octanol–water partition coefficient (Wildman–Crippen LogP) is 13.1. The van der Waals surface area contributed by atoms with Crippen molar-refractivity contribution in [2.24, 2.45) is 0 Å². The normalized spacial score (nSPS) is 12.1. The Kier molecular flexibility index (Phi) is 5.42. The fraction of sp³-hybridized carbons (Fsp3) is 0. The molecule has 0 saturated heterocycles. The Labute approximate surface area is 282 Å². The fourth-order valence-electron chi connectivity index (χ4n) is 8.24. The number of rotatable bonds is 3. The minimum absolute atomic E-state index is 0.890. The van der Waals surface area contributed by atoms with Gasteiger partial charge in [-0.1, -0.05) is 133 Å². The van der Waals surface area contributed by atoms with Crippen molar-refractivity contribution < 1.29 is 4.42 Å². The zero-order valence-electron chi connectivity index (χ0n) is 26.4. The molecule has 0 amide bonds. The van der Waals surface area contributed by atoms with Crippen LogP contribution >= 0.6 is 0 Å². The van der Waals surface area contributed by atoms with Crippen molar-refractivity contribution in [3.05, 3.63) is 164 Å². The molecule has 0 aliphatic heterocycles. The van der Waals surface area contributed by atoms with Crippen LogP contribution in [0.1, 0.15) is 0 Å². The molecule has 2 nitrogen and oxygen atoms in total. The summed E-state index contributed by atoms with van der Waals surface area (Å²) in [5.41, 5.74) is 13.3. The molecular formula is C47H27NO. The second-order valence-corrected chi connectivity index (χ2v) is 13.0. The first kappa shape index (κ1) is 26.5. The minimum Gasteiger partial charge on any atom is -0.455 e. The molecule has 0 fully saturated rings. The van der Waals surface area contributed by atoms with Crippen LogP contribution in [0.25, 0.3) is 110 Å². The highest BCUT2D eigenvalue weighted by Gasteiger charge is 2.25. The molecule has 2 aromatic heterocycles. The molecule has 0 N–H and O–H groups in total. The SMILES string of the molecule is c1ccc(-c2cc(-c3cccc4oc5c6cccc7c6c(cc5c34)-c3ccccc3-7)cc(-c3cc4ccccc4c4ccccc34)n2)cc1. The lowest BCUT2D eigenvalue weighted by Crippen LogP contribution is -1.93. The van der Waals surface area contributed by atoms with Crippen LogP contribution in [0.3, 0.4) is 0 Å². The van der Waals surface area contributed by atoms with Gasteiger partial charge in [-0.05, 0) is 85.3 Å². The van der Waals surface area contributed by atoms with E-state index in [1.807, 2.05) is 0 Å². The van der Waals surface area contributed by atoms with E-state index in [1.165, 1.54) is 49.2 Å². The number of fused-ring (bicyclic) bond motifs is 10. The summed E-state index contributed by atoms with van der Waals surface area (Å²) in [6.07, 6.45) is 0. The molecule has 226 valence electrons. The van der Waals surface area contributed by atoms with E-state index in [2.05, 4.69) is 164 Å². The van der Waals surface area contributed by atoms with Gasteiger partial charge in [0.2, 0.25) is 0 Å². The number of benzene rings is 8. The first-order chi connectivity index (χ1) is 24.3. The molecule has 0 spiro atoms. The molecular weight excluding hydrogens is 595 g/mol. The Morgan fingerprint density at radius 2 is 1.00 bits per heavy atom. The Hall–Kier alpha value is -6.51. The highest BCUT2D eigenvalue weighted by Crippen LogP contribution is 2.51. The third kappa shape index (κ3) is 3.80. The molecule has 49 heavy (non-hydrogen) atoms. The zero-order chi connectivity index (χ0) is 32.1. The van der Waals surface area contributed by atoms with Gasteiger partial charge in [0.15, 0.2) is 0 Å². The Morgan fingerprint density at radius 1 is 0.347 bits per heavy atom. The van der Waals surface area contributed by atoms with Crippen molar-refractivity contribution in [3.63, 3.8) is 0 Å². The summed E-state index contributed by atoms with van der Waals surface area (Å²) in [6, 6.07) is 58.8. The quantitative estimate of drug-likeness (QED) is 0.183. The van der Waals surface area contributed by atoms with E-state index in [1.54, 1.807) is 0 Å². The van der Waals surface area contributed by atoms with E-state index >= 15 is 0 Å². The van der Waals surface area contributed by atoms with Crippen molar-refractivity contribution >= 4 is 54.3 Å². The van der Waals surface area contributed by atoms with Crippen molar-refractivity contribution in [2.75, 3.05) is 0 Å². The van der Waals surface area contributed by atoms with Crippen LogP contribution in [0.5, 0.6) is 0 Å². The van der Waals surface area contributed by atoms with Crippen molar-refractivity contribution in [1.29, 1.82) is 0 Å². The van der Waals surface area contributed by atoms with Gasteiger partial charge in [-0.15, -0.1) is 0 Å². The van der Waals surface area contributed by atoms with Gasteiger partial charge < -0.3 is 4.42 Å². The average molecular weight is 622 g/mol. The van der Waals surface area contributed by atoms with Crippen LogP contribution in [0.15, 0.2) is 168 Å². The molecule has 0 bridgehead atoms. The van der Waals surface area contributed by atoms with Crippen molar-refractivity contribution in [3.8, 4) is 55.9 Å². The minimum atomic E-state index is 0.890. The maximum atomic E-state index is 6.78. The molecule has 0 saturated carbocycles. The maximum Gasteiger partial charge on any atom is 0.143 e. The summed E-state index contributed by atoms with van der Waals surface area (Å²) in [5.74, 6) is 0. The molecule has 0 unspecified atom stereocenters. The molecule has 2 heteroatoms. The number of hydrogen-bond acceptors (Lipinski definition) is 2. The third-order valence-corrected chi connectivity index (χ3v) is 10.4. The van der Waals surface area contributed by atoms with Crippen molar-refractivity contribution in [1.82, 2.24) is 4.98 Å². The maximum absolute atomic E-state index is 6.78. The van der Waals surface area contributed by atoms with Crippen LogP contribution in [0.2, 0.25) is 0 Å². The zero-order valence-corrected chi connectivity index (χ0v) is 26.4.